The van der Waals surface area contributed by atoms with Crippen LogP contribution in [0.25, 0.3) is 0 Å². The highest BCUT2D eigenvalue weighted by Crippen LogP contribution is 2.26. The molecule has 0 radical (unpaired) electrons. The van der Waals surface area contributed by atoms with Gasteiger partial charge in [0.15, 0.2) is 0 Å². The Labute approximate surface area is 207 Å². The first-order chi connectivity index (χ1) is 16.3. The summed E-state index contributed by atoms with van der Waals surface area (Å²) in [5, 5.41) is 12.3. The Kier molecular flexibility index (Phi) is 8.39. The molecule has 0 aliphatic heterocycles. The second kappa shape index (κ2) is 11.4. The molecule has 10 heteroatoms. The highest BCUT2D eigenvalue weighted by molar-refractivity contribution is 9.10. The summed E-state index contributed by atoms with van der Waals surface area (Å²) in [6, 6.07) is 19.8. The molecular formula is C24H17BrClNO7. The van der Waals surface area contributed by atoms with Crippen LogP contribution in [0.5, 0.6) is 0 Å². The smallest absolute Gasteiger partial charge is 0.349 e. The molecule has 34 heavy (non-hydrogen) atoms. The summed E-state index contributed by atoms with van der Waals surface area (Å²) >= 11 is 9.37. The number of aliphatic carboxylic acids is 1. The Hall–Kier alpha value is -3.69. The zero-order valence-corrected chi connectivity index (χ0v) is 19.7. The van der Waals surface area contributed by atoms with Crippen molar-refractivity contribution in [3.05, 3.63) is 99.5 Å². The van der Waals surface area contributed by atoms with Crippen LogP contribution in [0.15, 0.2) is 83.3 Å². The van der Waals surface area contributed by atoms with E-state index in [0.29, 0.717) is 4.47 Å². The zero-order valence-electron chi connectivity index (χ0n) is 17.3. The van der Waals surface area contributed by atoms with E-state index in [9.17, 15) is 24.3 Å². The number of carbonyl (C=O) groups excluding carboxylic acids is 3. The number of carboxylic acid groups (broad SMARTS) is 1. The summed E-state index contributed by atoms with van der Waals surface area (Å²) in [5.41, 5.74) is 0.257. The summed E-state index contributed by atoms with van der Waals surface area (Å²) < 4.78 is 11.0. The molecule has 2 atom stereocenters. The molecule has 0 saturated carbocycles. The van der Waals surface area contributed by atoms with Gasteiger partial charge >= 0.3 is 17.9 Å². The van der Waals surface area contributed by atoms with Gasteiger partial charge in [-0.15, -0.1) is 0 Å². The molecule has 0 aliphatic carbocycles. The molecule has 0 saturated heterocycles. The van der Waals surface area contributed by atoms with Crippen LogP contribution in [0.2, 0.25) is 5.02 Å². The maximum Gasteiger partial charge on any atom is 0.349 e. The number of esters is 2. The maximum atomic E-state index is 13.1. The van der Waals surface area contributed by atoms with Crippen molar-refractivity contribution in [3.63, 3.8) is 0 Å². The van der Waals surface area contributed by atoms with Crippen molar-refractivity contribution in [2.24, 2.45) is 0 Å². The monoisotopic (exact) mass is 545 g/mol. The van der Waals surface area contributed by atoms with Crippen molar-refractivity contribution in [2.75, 3.05) is 5.32 Å². The lowest BCUT2D eigenvalue weighted by atomic mass is 10.1. The Bertz CT molecular complexity index is 1200. The highest BCUT2D eigenvalue weighted by Gasteiger charge is 2.41. The van der Waals surface area contributed by atoms with E-state index in [1.54, 1.807) is 42.5 Å². The molecular weight excluding hydrogens is 530 g/mol. The van der Waals surface area contributed by atoms with Gasteiger partial charge in [-0.2, -0.15) is 0 Å². The maximum absolute atomic E-state index is 13.1. The summed E-state index contributed by atoms with van der Waals surface area (Å²) in [5.74, 6) is -4.73. The minimum Gasteiger partial charge on any atom is -0.478 e. The van der Waals surface area contributed by atoms with E-state index in [1.165, 1.54) is 36.4 Å². The van der Waals surface area contributed by atoms with Crippen LogP contribution in [-0.2, 0) is 19.1 Å². The molecule has 0 bridgehead atoms. The van der Waals surface area contributed by atoms with Crippen LogP contribution in [0, 0.1) is 0 Å². The van der Waals surface area contributed by atoms with Crippen molar-refractivity contribution in [1.82, 2.24) is 0 Å². The fourth-order valence-corrected chi connectivity index (χ4v) is 3.53. The number of halogens is 2. The van der Waals surface area contributed by atoms with E-state index in [-0.39, 0.29) is 21.8 Å². The molecule has 2 N–H and O–H groups in total. The number of amides is 1. The van der Waals surface area contributed by atoms with Gasteiger partial charge < -0.3 is 19.9 Å². The molecule has 1 amide bonds. The largest absolute Gasteiger partial charge is 0.478 e. The Morgan fingerprint density at radius 2 is 1.29 bits per heavy atom. The van der Waals surface area contributed by atoms with Crippen LogP contribution in [0.1, 0.15) is 20.7 Å². The van der Waals surface area contributed by atoms with Gasteiger partial charge in [0.2, 0.25) is 12.2 Å². The number of carboxylic acids is 1. The topological polar surface area (TPSA) is 119 Å². The first kappa shape index (κ1) is 24.9. The van der Waals surface area contributed by atoms with E-state index in [1.807, 2.05) is 0 Å². The number of nitrogens with one attached hydrogen (secondary N) is 1. The zero-order chi connectivity index (χ0) is 24.7. The van der Waals surface area contributed by atoms with Gasteiger partial charge in [-0.25, -0.2) is 14.4 Å². The average Bonchev–Trinajstić information content (AvgIpc) is 2.83. The first-order valence-electron chi connectivity index (χ1n) is 9.77. The molecule has 0 heterocycles. The van der Waals surface area contributed by atoms with Gasteiger partial charge in [-0.3, -0.25) is 4.79 Å². The van der Waals surface area contributed by atoms with Crippen LogP contribution in [-0.4, -0.2) is 41.1 Å². The van der Waals surface area contributed by atoms with E-state index in [4.69, 9.17) is 21.1 Å². The van der Waals surface area contributed by atoms with Gasteiger partial charge in [0.25, 0.3) is 5.91 Å². The third-order valence-corrected chi connectivity index (χ3v) is 5.26. The van der Waals surface area contributed by atoms with E-state index in [2.05, 4.69) is 21.2 Å². The average molecular weight is 547 g/mol. The van der Waals surface area contributed by atoms with Crippen LogP contribution in [0.4, 0.5) is 5.69 Å². The Morgan fingerprint density at radius 1 is 0.794 bits per heavy atom. The highest BCUT2D eigenvalue weighted by atomic mass is 79.9. The number of carbonyl (C=O) groups is 4. The van der Waals surface area contributed by atoms with Crippen molar-refractivity contribution >= 4 is 57.0 Å². The van der Waals surface area contributed by atoms with Crippen molar-refractivity contribution in [2.45, 2.75) is 12.2 Å². The Morgan fingerprint density at radius 3 is 1.76 bits per heavy atom. The summed E-state index contributed by atoms with van der Waals surface area (Å²) in [6.07, 6.45) is -4.17. The normalized spacial score (nSPS) is 12.2. The second-order valence-electron chi connectivity index (χ2n) is 6.84. The van der Waals surface area contributed by atoms with Crippen molar-refractivity contribution in [3.8, 4) is 0 Å². The number of hydrogen-bond donors (Lipinski definition) is 2. The molecule has 3 rings (SSSR count). The summed E-state index contributed by atoms with van der Waals surface area (Å²) in [7, 11) is 0. The lowest BCUT2D eigenvalue weighted by Gasteiger charge is -2.23. The number of benzene rings is 3. The van der Waals surface area contributed by atoms with Crippen LogP contribution < -0.4 is 5.32 Å². The molecule has 0 aliphatic rings. The number of anilines is 1. The minimum absolute atomic E-state index is 0.0539. The van der Waals surface area contributed by atoms with Crippen molar-refractivity contribution < 1.29 is 33.8 Å². The lowest BCUT2D eigenvalue weighted by molar-refractivity contribution is -0.157. The lowest BCUT2D eigenvalue weighted by Crippen LogP contribution is -2.48. The van der Waals surface area contributed by atoms with Crippen LogP contribution >= 0.6 is 27.5 Å². The summed E-state index contributed by atoms with van der Waals surface area (Å²) in [4.78, 5) is 50.2. The number of rotatable bonds is 8. The molecule has 0 unspecified atom stereocenters. The Balaban J connectivity index is 1.92. The van der Waals surface area contributed by atoms with Gasteiger partial charge in [-0.05, 0) is 42.5 Å². The fourth-order valence-electron chi connectivity index (χ4n) is 2.80. The molecule has 174 valence electrons. The summed E-state index contributed by atoms with van der Waals surface area (Å²) in [6.45, 7) is 0. The predicted molar refractivity (Wildman–Crippen MR) is 127 cm³/mol. The second-order valence-corrected chi connectivity index (χ2v) is 8.16. The predicted octanol–water partition coefficient (Wildman–Crippen LogP) is 4.58. The molecule has 8 nitrogen and oxygen atoms in total. The first-order valence-corrected chi connectivity index (χ1v) is 10.9. The number of ether oxygens (including phenoxy) is 2. The van der Waals surface area contributed by atoms with Gasteiger partial charge in [0.1, 0.15) is 0 Å². The minimum atomic E-state index is -2.14. The van der Waals surface area contributed by atoms with E-state index in [0.717, 1.165) is 0 Å². The van der Waals surface area contributed by atoms with Gasteiger partial charge in [-0.1, -0.05) is 63.9 Å². The third-order valence-electron chi connectivity index (χ3n) is 4.45. The molecule has 0 aromatic heterocycles. The van der Waals surface area contributed by atoms with E-state index >= 15 is 0 Å². The standard InChI is InChI=1S/C24H17BrClNO7/c25-16-11-12-18(17(26)13-16)27-21(28)19(33-23(31)14-7-3-1-4-8-14)20(22(29)30)34-24(32)15-9-5-2-6-10-15/h1-13,19-20H,(H,27,28)(H,29,30)/t19-,20-/m1/s1. The fraction of sp³-hybridized carbons (Fsp3) is 0.0833. The quantitative estimate of drug-likeness (QED) is 0.397. The van der Waals surface area contributed by atoms with Gasteiger partial charge in [0.05, 0.1) is 21.8 Å². The third kappa shape index (κ3) is 6.43. The molecule has 0 fully saturated rings. The SMILES string of the molecule is O=C(O[C@@H](C(=O)O)[C@@H](OC(=O)c1ccccc1)C(=O)Nc1ccc(Br)cc1Cl)c1ccccc1. The van der Waals surface area contributed by atoms with E-state index < -0.39 is 36.0 Å². The van der Waals surface area contributed by atoms with Crippen LogP contribution in [0.3, 0.4) is 0 Å². The van der Waals surface area contributed by atoms with Crippen molar-refractivity contribution in [1.29, 1.82) is 0 Å². The molecule has 0 spiro atoms. The molecule has 3 aromatic rings. The molecule has 3 aromatic carbocycles. The number of hydrogen-bond acceptors (Lipinski definition) is 6. The van der Waals surface area contributed by atoms with Gasteiger partial charge in [0, 0.05) is 4.47 Å².